The number of aliphatic hydroxyl groups is 3. The van der Waals surface area contributed by atoms with Crippen LogP contribution in [0.15, 0.2) is 11.6 Å². The van der Waals surface area contributed by atoms with Crippen LogP contribution in [0.5, 0.6) is 0 Å². The molecule has 5 rings (SSSR count). The van der Waals surface area contributed by atoms with Crippen molar-refractivity contribution in [3.8, 4) is 0 Å². The van der Waals surface area contributed by atoms with Crippen molar-refractivity contribution in [3.63, 3.8) is 0 Å². The van der Waals surface area contributed by atoms with Crippen LogP contribution >= 0.6 is 0 Å². The second-order valence-corrected chi connectivity index (χ2v) is 15.0. The number of ether oxygens (including phenoxy) is 1. The lowest BCUT2D eigenvalue weighted by molar-refractivity contribution is -0.230. The third kappa shape index (κ3) is 3.91. The van der Waals surface area contributed by atoms with Crippen LogP contribution in [0.1, 0.15) is 93.9 Å². The second kappa shape index (κ2) is 9.06. The van der Waals surface area contributed by atoms with Crippen LogP contribution in [0.4, 0.5) is 0 Å². The van der Waals surface area contributed by atoms with Crippen molar-refractivity contribution in [2.45, 2.75) is 118 Å². The van der Waals surface area contributed by atoms with Gasteiger partial charge in [-0.1, -0.05) is 60.1 Å². The van der Waals surface area contributed by atoms with Crippen molar-refractivity contribution in [3.05, 3.63) is 11.6 Å². The van der Waals surface area contributed by atoms with E-state index in [1.165, 1.54) is 13.3 Å². The van der Waals surface area contributed by atoms with Crippen LogP contribution in [-0.2, 0) is 9.53 Å². The van der Waals surface area contributed by atoms with Crippen LogP contribution in [0.2, 0.25) is 0 Å². The Morgan fingerprint density at radius 3 is 2.32 bits per heavy atom. The quantitative estimate of drug-likeness (QED) is 0.338. The highest BCUT2D eigenvalue weighted by molar-refractivity contribution is 5.66. The summed E-state index contributed by atoms with van der Waals surface area (Å²) in [6, 6.07) is 0. The van der Waals surface area contributed by atoms with Gasteiger partial charge in [0.2, 0.25) is 0 Å². The predicted molar refractivity (Wildman–Crippen MR) is 144 cm³/mol. The molecule has 0 spiro atoms. The van der Waals surface area contributed by atoms with Gasteiger partial charge in [-0.15, -0.1) is 0 Å². The van der Waals surface area contributed by atoms with E-state index in [4.69, 9.17) is 4.74 Å². The SMILES string of the molecule is CC(=O)O[C@H]1[C@H]2[C@@H]([C@H](O)C=C3C[C@@H](O)CC[C@@]32C)[C@@H]2CC[C@H]([C@H](C)[C@H]3C[C@]3(C)[C@H](C)C(C)C)[C@@]2(C)[C@@H]1O. The molecule has 0 aromatic rings. The fourth-order valence-electron chi connectivity index (χ4n) is 10.7. The maximum atomic E-state index is 12.4. The van der Waals surface area contributed by atoms with Gasteiger partial charge < -0.3 is 20.1 Å². The van der Waals surface area contributed by atoms with E-state index in [1.54, 1.807) is 0 Å². The molecule has 0 bridgehead atoms. The van der Waals surface area contributed by atoms with Crippen LogP contribution in [-0.4, -0.2) is 45.7 Å². The van der Waals surface area contributed by atoms with Crippen LogP contribution < -0.4 is 0 Å². The van der Waals surface area contributed by atoms with E-state index < -0.39 is 29.8 Å². The zero-order valence-corrected chi connectivity index (χ0v) is 24.4. The van der Waals surface area contributed by atoms with E-state index >= 15 is 0 Å². The van der Waals surface area contributed by atoms with Crippen molar-refractivity contribution in [2.24, 2.45) is 63.6 Å². The Balaban J connectivity index is 1.52. The van der Waals surface area contributed by atoms with Gasteiger partial charge in [-0.25, -0.2) is 0 Å². The zero-order valence-electron chi connectivity index (χ0n) is 24.4. The molecule has 0 unspecified atom stereocenters. The molecule has 0 saturated heterocycles. The highest BCUT2D eigenvalue weighted by atomic mass is 16.6. The molecule has 4 fully saturated rings. The van der Waals surface area contributed by atoms with Gasteiger partial charge in [0.05, 0.1) is 18.3 Å². The number of aliphatic hydroxyl groups excluding tert-OH is 3. The highest BCUT2D eigenvalue weighted by Crippen LogP contribution is 2.71. The largest absolute Gasteiger partial charge is 0.459 e. The average molecular weight is 517 g/mol. The minimum absolute atomic E-state index is 0.0564. The summed E-state index contributed by atoms with van der Waals surface area (Å²) in [6.45, 7) is 17.8. The Kier molecular flexibility index (Phi) is 6.77. The Labute approximate surface area is 224 Å². The number of fused-ring (bicyclic) bond motifs is 5. The molecule has 0 heterocycles. The third-order valence-electron chi connectivity index (χ3n) is 13.2. The number of hydrogen-bond donors (Lipinski definition) is 3. The number of carbonyl (C=O) groups is 1. The van der Waals surface area contributed by atoms with E-state index in [2.05, 4.69) is 48.5 Å². The van der Waals surface area contributed by atoms with Crippen LogP contribution in [0.25, 0.3) is 0 Å². The predicted octanol–water partition coefficient (Wildman–Crippen LogP) is 5.36. The van der Waals surface area contributed by atoms with Crippen molar-refractivity contribution < 1.29 is 24.9 Å². The fourth-order valence-corrected chi connectivity index (χ4v) is 10.7. The minimum atomic E-state index is -0.764. The minimum Gasteiger partial charge on any atom is -0.459 e. The first-order chi connectivity index (χ1) is 17.2. The molecular formula is C32H52O5. The van der Waals surface area contributed by atoms with Crippen molar-refractivity contribution in [1.82, 2.24) is 0 Å². The van der Waals surface area contributed by atoms with Gasteiger partial charge in [0, 0.05) is 18.3 Å². The van der Waals surface area contributed by atoms with Gasteiger partial charge in [-0.2, -0.15) is 0 Å². The maximum Gasteiger partial charge on any atom is 0.303 e. The van der Waals surface area contributed by atoms with Crippen LogP contribution in [0.3, 0.4) is 0 Å². The van der Waals surface area contributed by atoms with Gasteiger partial charge in [0.15, 0.2) is 0 Å². The van der Waals surface area contributed by atoms with Gasteiger partial charge in [-0.3, -0.25) is 4.79 Å². The van der Waals surface area contributed by atoms with Gasteiger partial charge in [-0.05, 0) is 90.8 Å². The Bertz CT molecular complexity index is 943. The molecule has 4 saturated carbocycles. The summed E-state index contributed by atoms with van der Waals surface area (Å²) < 4.78 is 6.06. The first kappa shape index (κ1) is 27.6. The Morgan fingerprint density at radius 1 is 1.03 bits per heavy atom. The molecule has 0 aliphatic heterocycles. The summed E-state index contributed by atoms with van der Waals surface area (Å²) in [5.41, 5.74) is 0.712. The molecule has 210 valence electrons. The normalized spacial score (nSPS) is 52.4. The molecule has 5 heteroatoms. The van der Waals surface area contributed by atoms with Crippen molar-refractivity contribution >= 4 is 5.97 Å². The summed E-state index contributed by atoms with van der Waals surface area (Å²) in [6.07, 6.45) is 4.91. The lowest BCUT2D eigenvalue weighted by Crippen LogP contribution is -2.67. The number of carbonyl (C=O) groups excluding carboxylic acids is 1. The number of rotatable bonds is 5. The summed E-state index contributed by atoms with van der Waals surface area (Å²) in [4.78, 5) is 12.4. The Morgan fingerprint density at radius 2 is 1.70 bits per heavy atom. The molecule has 0 radical (unpaired) electrons. The monoisotopic (exact) mass is 516 g/mol. The zero-order chi connectivity index (χ0) is 27.2. The first-order valence-electron chi connectivity index (χ1n) is 15.1. The molecule has 0 aromatic carbocycles. The molecule has 5 aliphatic rings. The lowest BCUT2D eigenvalue weighted by atomic mass is 9.44. The molecule has 0 aromatic heterocycles. The van der Waals surface area contributed by atoms with Crippen LogP contribution in [0, 0.1) is 63.6 Å². The van der Waals surface area contributed by atoms with E-state index in [9.17, 15) is 20.1 Å². The highest BCUT2D eigenvalue weighted by Gasteiger charge is 2.70. The topological polar surface area (TPSA) is 87.0 Å². The molecule has 14 atom stereocenters. The number of hydrogen-bond acceptors (Lipinski definition) is 5. The van der Waals surface area contributed by atoms with Gasteiger partial charge >= 0.3 is 5.97 Å². The summed E-state index contributed by atoms with van der Waals surface area (Å²) in [7, 11) is 0. The van der Waals surface area contributed by atoms with Crippen molar-refractivity contribution in [1.29, 1.82) is 0 Å². The van der Waals surface area contributed by atoms with Crippen molar-refractivity contribution in [2.75, 3.05) is 0 Å². The van der Waals surface area contributed by atoms with E-state index in [1.807, 2.05) is 6.08 Å². The van der Waals surface area contributed by atoms with Gasteiger partial charge in [0.1, 0.15) is 6.10 Å². The first-order valence-corrected chi connectivity index (χ1v) is 15.1. The molecular weight excluding hydrogens is 464 g/mol. The average Bonchev–Trinajstić information content (AvgIpc) is 3.39. The van der Waals surface area contributed by atoms with Gasteiger partial charge in [0.25, 0.3) is 0 Å². The maximum absolute atomic E-state index is 12.4. The summed E-state index contributed by atoms with van der Waals surface area (Å²) in [5.74, 6) is 2.36. The third-order valence-corrected chi connectivity index (χ3v) is 13.2. The van der Waals surface area contributed by atoms with E-state index in [-0.39, 0.29) is 29.1 Å². The molecule has 37 heavy (non-hydrogen) atoms. The van der Waals surface area contributed by atoms with E-state index in [0.29, 0.717) is 47.8 Å². The smallest absolute Gasteiger partial charge is 0.303 e. The Hall–Kier alpha value is -0.910. The molecule has 3 N–H and O–H groups in total. The fraction of sp³-hybridized carbons (Fsp3) is 0.906. The van der Waals surface area contributed by atoms with E-state index in [0.717, 1.165) is 24.8 Å². The number of esters is 1. The molecule has 0 amide bonds. The summed E-state index contributed by atoms with van der Waals surface area (Å²) in [5, 5.41) is 34.3. The lowest BCUT2D eigenvalue weighted by Gasteiger charge is -2.63. The second-order valence-electron chi connectivity index (χ2n) is 15.0. The molecule has 5 aliphatic carbocycles. The standard InChI is InChI=1S/C32H52O5/c1-16(2)18(4)31(7)15-24(31)17(3)22-9-10-23-26-25(35)14-20-13-21(34)11-12-30(20,6)27(26)28(37-19(5)33)29(36)32(22,23)8/h14,16-18,21-29,34-36H,9-13,15H2,1-8H3/t17-,18+,21-,22+,23-,24+,25+,26+,27+,28-,29+,30-,31+,32+/m0/s1. The summed E-state index contributed by atoms with van der Waals surface area (Å²) >= 11 is 0. The molecule has 5 nitrogen and oxygen atoms in total.